The largest absolute Gasteiger partial charge is 0.206 e. The Morgan fingerprint density at radius 2 is 2.00 bits per heavy atom. The van der Waals surface area contributed by atoms with E-state index in [9.17, 15) is 0 Å². The lowest BCUT2D eigenvalue weighted by molar-refractivity contribution is -0.563. The number of halogens is 2. The third kappa shape index (κ3) is 1.74. The van der Waals surface area contributed by atoms with E-state index in [1.54, 1.807) is 0 Å². The maximum atomic E-state index is 5.59. The Labute approximate surface area is 69.0 Å². The number of rotatable bonds is 2. The predicted octanol–water partition coefficient (Wildman–Crippen LogP) is 1.49. The molecule has 0 amide bonds. The minimum atomic E-state index is -0.554. The third-order valence-corrected chi connectivity index (χ3v) is 2.36. The standard InChI is InChI=1S/C5H8Cl2O3/c6-3-5(4-7)1-2-8-10-9-5/h1-4H2. The summed E-state index contributed by atoms with van der Waals surface area (Å²) in [5.41, 5.74) is -0.554. The van der Waals surface area contributed by atoms with Gasteiger partial charge < -0.3 is 0 Å². The molecule has 5 heteroatoms. The van der Waals surface area contributed by atoms with Crippen LogP contribution in [0.15, 0.2) is 0 Å². The molecule has 0 aromatic rings. The summed E-state index contributed by atoms with van der Waals surface area (Å²) in [6.07, 6.45) is 0.667. The van der Waals surface area contributed by atoms with Crippen LogP contribution in [0.5, 0.6) is 0 Å². The summed E-state index contributed by atoms with van der Waals surface area (Å²) in [7, 11) is 0. The molecule has 0 saturated carbocycles. The summed E-state index contributed by atoms with van der Waals surface area (Å²) in [5, 5.41) is 4.30. The molecule has 0 aromatic carbocycles. The van der Waals surface area contributed by atoms with Crippen molar-refractivity contribution in [1.82, 2.24) is 0 Å². The normalized spacial score (nSPS) is 24.6. The Kier molecular flexibility index (Phi) is 3.20. The molecule has 0 spiro atoms. The first kappa shape index (κ1) is 8.56. The monoisotopic (exact) mass is 186 g/mol. The molecule has 0 aliphatic carbocycles. The maximum absolute atomic E-state index is 5.59. The highest BCUT2D eigenvalue weighted by Crippen LogP contribution is 2.24. The van der Waals surface area contributed by atoms with Crippen LogP contribution in [0.3, 0.4) is 0 Å². The lowest BCUT2D eigenvalue weighted by Gasteiger charge is -2.30. The quantitative estimate of drug-likeness (QED) is 0.484. The van der Waals surface area contributed by atoms with Crippen LogP contribution in [-0.4, -0.2) is 24.0 Å². The van der Waals surface area contributed by atoms with Crippen molar-refractivity contribution < 1.29 is 14.8 Å². The molecule has 1 heterocycles. The van der Waals surface area contributed by atoms with Crippen LogP contribution in [0.1, 0.15) is 6.42 Å². The van der Waals surface area contributed by atoms with E-state index in [0.717, 1.165) is 0 Å². The molecule has 1 rings (SSSR count). The first-order chi connectivity index (χ1) is 4.83. The van der Waals surface area contributed by atoms with Crippen molar-refractivity contribution in [3.63, 3.8) is 0 Å². The van der Waals surface area contributed by atoms with Gasteiger partial charge in [-0.3, -0.25) is 0 Å². The second kappa shape index (κ2) is 3.74. The Bertz CT molecular complexity index is 97.1. The van der Waals surface area contributed by atoms with Crippen molar-refractivity contribution in [3.8, 4) is 0 Å². The summed E-state index contributed by atoms with van der Waals surface area (Å²) in [6.45, 7) is 0.472. The van der Waals surface area contributed by atoms with Crippen molar-refractivity contribution in [1.29, 1.82) is 0 Å². The van der Waals surface area contributed by atoms with E-state index >= 15 is 0 Å². The van der Waals surface area contributed by atoms with E-state index in [4.69, 9.17) is 28.1 Å². The van der Waals surface area contributed by atoms with E-state index in [-0.39, 0.29) is 0 Å². The molecule has 0 atom stereocenters. The minimum Gasteiger partial charge on any atom is -0.206 e. The van der Waals surface area contributed by atoms with Gasteiger partial charge in [0.15, 0.2) is 0 Å². The van der Waals surface area contributed by atoms with Gasteiger partial charge in [-0.25, -0.2) is 4.89 Å². The molecule has 10 heavy (non-hydrogen) atoms. The molecule has 0 N–H and O–H groups in total. The van der Waals surface area contributed by atoms with Gasteiger partial charge in [0.1, 0.15) is 5.60 Å². The van der Waals surface area contributed by atoms with Crippen LogP contribution < -0.4 is 0 Å². The second-order valence-electron chi connectivity index (χ2n) is 2.17. The summed E-state index contributed by atoms with van der Waals surface area (Å²) < 4.78 is 0. The molecule has 1 aliphatic heterocycles. The van der Waals surface area contributed by atoms with Gasteiger partial charge in [0, 0.05) is 6.42 Å². The van der Waals surface area contributed by atoms with Crippen molar-refractivity contribution in [2.75, 3.05) is 18.4 Å². The van der Waals surface area contributed by atoms with E-state index < -0.39 is 5.60 Å². The number of alkyl halides is 2. The molecular formula is C5H8Cl2O3. The van der Waals surface area contributed by atoms with E-state index in [1.807, 2.05) is 0 Å². The zero-order valence-corrected chi connectivity index (χ0v) is 6.82. The molecule has 0 unspecified atom stereocenters. The van der Waals surface area contributed by atoms with Gasteiger partial charge in [-0.1, -0.05) is 5.04 Å². The van der Waals surface area contributed by atoms with Crippen LogP contribution in [0, 0.1) is 0 Å². The van der Waals surface area contributed by atoms with E-state index in [2.05, 4.69) is 9.93 Å². The van der Waals surface area contributed by atoms with Crippen LogP contribution >= 0.6 is 23.2 Å². The summed E-state index contributed by atoms with van der Waals surface area (Å²) in [6, 6.07) is 0. The third-order valence-electron chi connectivity index (χ3n) is 1.39. The van der Waals surface area contributed by atoms with Gasteiger partial charge in [0.05, 0.1) is 18.4 Å². The fourth-order valence-electron chi connectivity index (χ4n) is 0.613. The minimum absolute atomic E-state index is 0.319. The summed E-state index contributed by atoms with van der Waals surface area (Å²) >= 11 is 11.2. The van der Waals surface area contributed by atoms with Gasteiger partial charge >= 0.3 is 0 Å². The average Bonchev–Trinajstić information content (AvgIpc) is 2.06. The molecule has 0 aromatic heterocycles. The molecule has 1 saturated heterocycles. The zero-order valence-electron chi connectivity index (χ0n) is 5.31. The van der Waals surface area contributed by atoms with E-state index in [1.165, 1.54) is 0 Å². The number of hydrogen-bond donors (Lipinski definition) is 0. The van der Waals surface area contributed by atoms with Crippen molar-refractivity contribution in [3.05, 3.63) is 0 Å². The van der Waals surface area contributed by atoms with Crippen molar-refractivity contribution in [2.24, 2.45) is 0 Å². The highest BCUT2D eigenvalue weighted by Gasteiger charge is 2.34. The predicted molar refractivity (Wildman–Crippen MR) is 36.9 cm³/mol. The lowest BCUT2D eigenvalue weighted by Crippen LogP contribution is -2.41. The summed E-state index contributed by atoms with van der Waals surface area (Å²) in [5.74, 6) is 0.639. The topological polar surface area (TPSA) is 27.7 Å². The van der Waals surface area contributed by atoms with Crippen LogP contribution in [0.4, 0.5) is 0 Å². The highest BCUT2D eigenvalue weighted by atomic mass is 35.5. The van der Waals surface area contributed by atoms with Gasteiger partial charge in [-0.15, -0.1) is 23.2 Å². The summed E-state index contributed by atoms with van der Waals surface area (Å²) in [4.78, 5) is 9.27. The maximum Gasteiger partial charge on any atom is 0.136 e. The average molecular weight is 187 g/mol. The van der Waals surface area contributed by atoms with Crippen LogP contribution in [0.25, 0.3) is 0 Å². The Morgan fingerprint density at radius 3 is 2.30 bits per heavy atom. The lowest BCUT2D eigenvalue weighted by atomic mass is 10.1. The fraction of sp³-hybridized carbons (Fsp3) is 1.00. The smallest absolute Gasteiger partial charge is 0.136 e. The van der Waals surface area contributed by atoms with Gasteiger partial charge in [-0.05, 0) is 0 Å². The molecule has 60 valence electrons. The van der Waals surface area contributed by atoms with Gasteiger partial charge in [0.25, 0.3) is 0 Å². The second-order valence-corrected chi connectivity index (χ2v) is 2.71. The number of hydrogen-bond acceptors (Lipinski definition) is 3. The van der Waals surface area contributed by atoms with Crippen molar-refractivity contribution in [2.45, 2.75) is 12.0 Å². The molecule has 0 bridgehead atoms. The first-order valence-corrected chi connectivity index (χ1v) is 3.99. The molecule has 3 nitrogen and oxygen atoms in total. The molecule has 0 radical (unpaired) electrons. The SMILES string of the molecule is ClCC1(CCl)CCOOO1. The van der Waals surface area contributed by atoms with Crippen LogP contribution in [0.2, 0.25) is 0 Å². The Morgan fingerprint density at radius 1 is 1.30 bits per heavy atom. The van der Waals surface area contributed by atoms with Gasteiger partial charge in [-0.2, -0.15) is 4.89 Å². The fourth-order valence-corrected chi connectivity index (χ4v) is 1.26. The zero-order chi connectivity index (χ0) is 7.45. The van der Waals surface area contributed by atoms with Crippen molar-refractivity contribution >= 4 is 23.2 Å². The molecule has 1 fully saturated rings. The highest BCUT2D eigenvalue weighted by molar-refractivity contribution is 6.21. The Hall–Kier alpha value is 0.460. The van der Waals surface area contributed by atoms with Crippen LogP contribution in [-0.2, 0) is 14.8 Å². The molecule has 1 aliphatic rings. The molecular weight excluding hydrogens is 179 g/mol. The Balaban J connectivity index is 2.44. The van der Waals surface area contributed by atoms with E-state index in [0.29, 0.717) is 24.8 Å². The first-order valence-electron chi connectivity index (χ1n) is 2.92. The van der Waals surface area contributed by atoms with Gasteiger partial charge in [0.2, 0.25) is 0 Å².